The Morgan fingerprint density at radius 2 is 1.32 bits per heavy atom. The molecule has 2 rings (SSSR count). The molecule has 11 heteroatoms. The average Bonchev–Trinajstić information content (AvgIpc) is 2.84. The quantitative estimate of drug-likeness (QED) is 0.290. The van der Waals surface area contributed by atoms with Gasteiger partial charge in [0.15, 0.2) is 0 Å². The van der Waals surface area contributed by atoms with E-state index in [1.165, 1.54) is 0 Å². The van der Waals surface area contributed by atoms with Gasteiger partial charge in [-0.1, -0.05) is 60.7 Å². The minimum Gasteiger partial charge on any atom is -0.480 e. The van der Waals surface area contributed by atoms with Crippen molar-refractivity contribution < 1.29 is 33.8 Å². The molecule has 1 atom stereocenters. The number of carbonyl (C=O) groups excluding carboxylic acids is 4. The molecule has 180 valence electrons. The van der Waals surface area contributed by atoms with Gasteiger partial charge in [0.05, 0.1) is 6.54 Å². The number of aliphatic carboxylic acids is 1. The van der Waals surface area contributed by atoms with E-state index in [2.05, 4.69) is 21.3 Å². The van der Waals surface area contributed by atoms with Crippen LogP contribution in [-0.2, 0) is 36.9 Å². The number of ether oxygens (including phenoxy) is 1. The van der Waals surface area contributed by atoms with Gasteiger partial charge >= 0.3 is 12.1 Å². The summed E-state index contributed by atoms with van der Waals surface area (Å²) in [5.41, 5.74) is 1.54. The van der Waals surface area contributed by atoms with E-state index < -0.39 is 55.5 Å². The van der Waals surface area contributed by atoms with Crippen molar-refractivity contribution in [3.8, 4) is 0 Å². The van der Waals surface area contributed by atoms with Crippen LogP contribution in [0.2, 0.25) is 0 Å². The molecule has 0 radical (unpaired) electrons. The van der Waals surface area contributed by atoms with Gasteiger partial charge in [-0.05, 0) is 11.1 Å². The molecule has 0 bridgehead atoms. The second kappa shape index (κ2) is 13.9. The normalized spacial score (nSPS) is 10.9. The molecule has 11 nitrogen and oxygen atoms in total. The summed E-state index contributed by atoms with van der Waals surface area (Å²) in [6.45, 7) is -1.41. The molecule has 2 aromatic rings. The van der Waals surface area contributed by atoms with Crippen LogP contribution in [0.5, 0.6) is 0 Å². The lowest BCUT2D eigenvalue weighted by Crippen LogP contribution is -2.51. The molecule has 0 saturated heterocycles. The summed E-state index contributed by atoms with van der Waals surface area (Å²) in [5.74, 6) is -3.19. The van der Waals surface area contributed by atoms with Gasteiger partial charge in [0.25, 0.3) is 0 Å². The summed E-state index contributed by atoms with van der Waals surface area (Å²) in [6, 6.07) is 16.8. The van der Waals surface area contributed by atoms with Crippen LogP contribution in [0.4, 0.5) is 4.79 Å². The highest BCUT2D eigenvalue weighted by atomic mass is 16.5. The van der Waals surface area contributed by atoms with Gasteiger partial charge in [-0.3, -0.25) is 19.2 Å². The largest absolute Gasteiger partial charge is 0.480 e. The Morgan fingerprint density at radius 1 is 0.735 bits per heavy atom. The Morgan fingerprint density at radius 3 is 1.94 bits per heavy atom. The minimum atomic E-state index is -1.22. The molecule has 0 aromatic heterocycles. The Labute approximate surface area is 195 Å². The number of carbonyl (C=O) groups is 5. The first-order valence-electron chi connectivity index (χ1n) is 10.4. The van der Waals surface area contributed by atoms with Crippen molar-refractivity contribution in [1.82, 2.24) is 21.3 Å². The summed E-state index contributed by atoms with van der Waals surface area (Å²) < 4.78 is 4.98. The third kappa shape index (κ3) is 10.3. The lowest BCUT2D eigenvalue weighted by Gasteiger charge is -2.18. The van der Waals surface area contributed by atoms with E-state index in [4.69, 9.17) is 9.84 Å². The van der Waals surface area contributed by atoms with E-state index in [0.29, 0.717) is 0 Å². The predicted octanol–water partition coefficient (Wildman–Crippen LogP) is -0.0427. The number of amides is 4. The Bertz CT molecular complexity index is 983. The van der Waals surface area contributed by atoms with Crippen molar-refractivity contribution in [1.29, 1.82) is 0 Å². The molecule has 4 amide bonds. The van der Waals surface area contributed by atoms with E-state index in [-0.39, 0.29) is 13.0 Å². The van der Waals surface area contributed by atoms with Crippen molar-refractivity contribution in [2.45, 2.75) is 19.1 Å². The summed E-state index contributed by atoms with van der Waals surface area (Å²) in [4.78, 5) is 58.9. The highest BCUT2D eigenvalue weighted by Crippen LogP contribution is 2.04. The number of rotatable bonds is 12. The fourth-order valence-corrected chi connectivity index (χ4v) is 2.76. The van der Waals surface area contributed by atoms with Crippen molar-refractivity contribution in [2.24, 2.45) is 0 Å². The Hall–Kier alpha value is -4.41. The first-order chi connectivity index (χ1) is 16.3. The van der Waals surface area contributed by atoms with Crippen LogP contribution in [0.15, 0.2) is 60.7 Å². The third-order valence-corrected chi connectivity index (χ3v) is 4.40. The number of carboxylic acid groups (broad SMARTS) is 1. The first kappa shape index (κ1) is 25.8. The van der Waals surface area contributed by atoms with Crippen LogP contribution >= 0.6 is 0 Å². The van der Waals surface area contributed by atoms with Crippen molar-refractivity contribution in [3.63, 3.8) is 0 Å². The summed E-state index contributed by atoms with van der Waals surface area (Å²) in [5, 5.41) is 18.1. The number of benzene rings is 2. The van der Waals surface area contributed by atoms with E-state index in [1.807, 2.05) is 6.07 Å². The zero-order valence-corrected chi connectivity index (χ0v) is 18.3. The van der Waals surface area contributed by atoms with Crippen LogP contribution in [0.25, 0.3) is 0 Å². The molecular formula is C23H26N4O7. The van der Waals surface area contributed by atoms with E-state index in [9.17, 15) is 24.0 Å². The first-order valence-corrected chi connectivity index (χ1v) is 10.4. The van der Waals surface area contributed by atoms with E-state index in [0.717, 1.165) is 11.1 Å². The number of carboxylic acids is 1. The van der Waals surface area contributed by atoms with Crippen LogP contribution in [0.3, 0.4) is 0 Å². The summed E-state index contributed by atoms with van der Waals surface area (Å²) >= 11 is 0. The maximum atomic E-state index is 12.3. The minimum absolute atomic E-state index is 0.0451. The molecular weight excluding hydrogens is 444 g/mol. The monoisotopic (exact) mass is 470 g/mol. The SMILES string of the molecule is O=C(O)CNC(=O)C(Cc1ccccc1)NC(=O)CNC(=O)CNC(=O)OCc1ccccc1. The van der Waals surface area contributed by atoms with Gasteiger partial charge in [0.1, 0.15) is 25.7 Å². The molecule has 0 aliphatic heterocycles. The van der Waals surface area contributed by atoms with Gasteiger partial charge in [0.2, 0.25) is 17.7 Å². The van der Waals surface area contributed by atoms with E-state index in [1.54, 1.807) is 54.6 Å². The number of nitrogens with one attached hydrogen (secondary N) is 4. The smallest absolute Gasteiger partial charge is 0.407 e. The van der Waals surface area contributed by atoms with Gasteiger partial charge < -0.3 is 31.1 Å². The lowest BCUT2D eigenvalue weighted by atomic mass is 10.1. The van der Waals surface area contributed by atoms with Crippen LogP contribution in [0, 0.1) is 0 Å². The molecule has 0 aliphatic carbocycles. The summed E-state index contributed by atoms with van der Waals surface area (Å²) in [6.07, 6.45) is -0.665. The predicted molar refractivity (Wildman–Crippen MR) is 120 cm³/mol. The van der Waals surface area contributed by atoms with Gasteiger partial charge in [-0.25, -0.2) is 4.79 Å². The van der Waals surface area contributed by atoms with Crippen LogP contribution in [-0.4, -0.2) is 60.6 Å². The highest BCUT2D eigenvalue weighted by Gasteiger charge is 2.22. The lowest BCUT2D eigenvalue weighted by molar-refractivity contribution is -0.138. The molecule has 0 saturated carbocycles. The molecule has 5 N–H and O–H groups in total. The zero-order chi connectivity index (χ0) is 24.8. The topological polar surface area (TPSA) is 163 Å². The number of hydrogen-bond acceptors (Lipinski definition) is 6. The standard InChI is InChI=1S/C23H26N4O7/c28-19(12-26-23(33)34-15-17-9-5-2-6-10-17)24-13-20(29)27-18(22(32)25-14-21(30)31)11-16-7-3-1-4-8-16/h1-10,18H,11-15H2,(H,24,28)(H,25,32)(H,26,33)(H,27,29)(H,30,31). The fraction of sp³-hybridized carbons (Fsp3) is 0.261. The molecule has 0 spiro atoms. The molecule has 34 heavy (non-hydrogen) atoms. The second-order valence-corrected chi connectivity index (χ2v) is 7.11. The van der Waals surface area contributed by atoms with Gasteiger partial charge in [-0.15, -0.1) is 0 Å². The molecule has 1 unspecified atom stereocenters. The Balaban J connectivity index is 1.76. The van der Waals surface area contributed by atoms with Crippen molar-refractivity contribution in [2.75, 3.05) is 19.6 Å². The molecule has 0 aliphatic rings. The fourth-order valence-electron chi connectivity index (χ4n) is 2.76. The van der Waals surface area contributed by atoms with Crippen LogP contribution < -0.4 is 21.3 Å². The van der Waals surface area contributed by atoms with Crippen molar-refractivity contribution in [3.05, 3.63) is 71.8 Å². The van der Waals surface area contributed by atoms with Gasteiger partial charge in [0, 0.05) is 6.42 Å². The highest BCUT2D eigenvalue weighted by molar-refractivity contribution is 5.92. The van der Waals surface area contributed by atoms with Gasteiger partial charge in [-0.2, -0.15) is 0 Å². The number of hydrogen-bond donors (Lipinski definition) is 5. The maximum Gasteiger partial charge on any atom is 0.407 e. The zero-order valence-electron chi connectivity index (χ0n) is 18.3. The average molecular weight is 470 g/mol. The summed E-state index contributed by atoms with van der Waals surface area (Å²) in [7, 11) is 0. The molecule has 0 heterocycles. The molecule has 2 aromatic carbocycles. The Kier molecular flexibility index (Phi) is 10.6. The van der Waals surface area contributed by atoms with Crippen molar-refractivity contribution >= 4 is 29.8 Å². The van der Waals surface area contributed by atoms with E-state index >= 15 is 0 Å². The maximum absolute atomic E-state index is 12.3. The molecule has 0 fully saturated rings. The third-order valence-electron chi connectivity index (χ3n) is 4.40. The second-order valence-electron chi connectivity index (χ2n) is 7.11. The number of alkyl carbamates (subject to hydrolysis) is 1. The van der Waals surface area contributed by atoms with Crippen LogP contribution in [0.1, 0.15) is 11.1 Å².